The van der Waals surface area contributed by atoms with Crippen LogP contribution in [0.25, 0.3) is 44.3 Å². The fraction of sp³-hybridized carbons (Fsp3) is 0.0968. The van der Waals surface area contributed by atoms with Crippen molar-refractivity contribution in [2.24, 2.45) is 0 Å². The average molecular weight is 510 g/mol. The van der Waals surface area contributed by atoms with E-state index < -0.39 is 0 Å². The molecule has 0 bridgehead atoms. The Morgan fingerprint density at radius 3 is 2.30 bits per heavy atom. The van der Waals surface area contributed by atoms with Crippen LogP contribution in [-0.4, -0.2) is 22.7 Å². The number of pyridine rings is 1. The van der Waals surface area contributed by atoms with Gasteiger partial charge in [0.25, 0.3) is 5.56 Å². The minimum atomic E-state index is -0.304. The van der Waals surface area contributed by atoms with Crippen molar-refractivity contribution in [3.8, 4) is 39.1 Å². The first kappa shape index (κ1) is 24.3. The van der Waals surface area contributed by atoms with Crippen molar-refractivity contribution in [1.29, 1.82) is 0 Å². The number of esters is 1. The summed E-state index contributed by atoms with van der Waals surface area (Å²) >= 11 is 6.62. The number of phenolic OH excluding ortho intramolecular Hbond substituents is 1. The van der Waals surface area contributed by atoms with Gasteiger partial charge in [-0.2, -0.15) is 0 Å². The van der Waals surface area contributed by atoms with Crippen molar-refractivity contribution < 1.29 is 14.6 Å². The molecule has 0 saturated heterocycles. The third kappa shape index (κ3) is 5.27. The summed E-state index contributed by atoms with van der Waals surface area (Å²) < 4.78 is 5.05. The summed E-state index contributed by atoms with van der Waals surface area (Å²) in [6.07, 6.45) is 0.144. The van der Waals surface area contributed by atoms with E-state index in [0.29, 0.717) is 22.7 Å². The number of rotatable bonds is 6. The van der Waals surface area contributed by atoms with Crippen molar-refractivity contribution in [1.82, 2.24) is 4.98 Å². The van der Waals surface area contributed by atoms with Gasteiger partial charge in [-0.15, -0.1) is 0 Å². The van der Waals surface area contributed by atoms with Crippen LogP contribution in [0.4, 0.5) is 0 Å². The summed E-state index contributed by atoms with van der Waals surface area (Å²) in [6.45, 7) is 2.10. The summed E-state index contributed by atoms with van der Waals surface area (Å²) in [5.41, 5.74) is 6.07. The Morgan fingerprint density at radius 1 is 0.838 bits per heavy atom. The topological polar surface area (TPSA) is 79.4 Å². The fourth-order valence-corrected chi connectivity index (χ4v) is 4.69. The molecule has 0 amide bonds. The maximum absolute atomic E-state index is 12.9. The molecule has 184 valence electrons. The molecule has 0 saturated carbocycles. The molecule has 5 aromatic rings. The van der Waals surface area contributed by atoms with E-state index in [1.165, 1.54) is 0 Å². The molecule has 0 radical (unpaired) electrons. The van der Waals surface area contributed by atoms with E-state index >= 15 is 0 Å². The largest absolute Gasteiger partial charge is 0.508 e. The van der Waals surface area contributed by atoms with Crippen LogP contribution in [0.15, 0.2) is 95.8 Å². The van der Waals surface area contributed by atoms with Gasteiger partial charge in [-0.05, 0) is 70.5 Å². The van der Waals surface area contributed by atoms with E-state index in [2.05, 4.69) is 4.98 Å². The summed E-state index contributed by atoms with van der Waals surface area (Å²) in [7, 11) is 0. The number of fused-ring (bicyclic) bond motifs is 1. The minimum Gasteiger partial charge on any atom is -0.508 e. The van der Waals surface area contributed by atoms with Crippen molar-refractivity contribution in [3.63, 3.8) is 0 Å². The number of nitrogens with one attached hydrogen (secondary N) is 1. The van der Waals surface area contributed by atoms with Gasteiger partial charge in [-0.25, -0.2) is 0 Å². The highest BCUT2D eigenvalue weighted by molar-refractivity contribution is 6.34. The van der Waals surface area contributed by atoms with E-state index in [9.17, 15) is 14.7 Å². The average Bonchev–Trinajstić information content (AvgIpc) is 2.88. The highest BCUT2D eigenvalue weighted by atomic mass is 35.5. The number of halogens is 1. The van der Waals surface area contributed by atoms with Gasteiger partial charge in [-0.1, -0.05) is 72.3 Å². The highest BCUT2D eigenvalue weighted by Crippen LogP contribution is 2.34. The fourth-order valence-electron chi connectivity index (χ4n) is 4.42. The van der Waals surface area contributed by atoms with Crippen molar-refractivity contribution in [2.45, 2.75) is 13.3 Å². The van der Waals surface area contributed by atoms with Gasteiger partial charge in [0, 0.05) is 16.6 Å². The number of carbonyl (C=O) groups is 1. The lowest BCUT2D eigenvalue weighted by molar-refractivity contribution is -0.142. The Balaban J connectivity index is 1.51. The number of hydrogen-bond donors (Lipinski definition) is 2. The van der Waals surface area contributed by atoms with Gasteiger partial charge >= 0.3 is 5.97 Å². The Morgan fingerprint density at radius 2 is 1.54 bits per heavy atom. The molecule has 0 unspecified atom stereocenters. The summed E-state index contributed by atoms with van der Waals surface area (Å²) in [4.78, 5) is 27.8. The van der Waals surface area contributed by atoms with Gasteiger partial charge in [0.1, 0.15) is 5.75 Å². The second-order valence-corrected chi connectivity index (χ2v) is 9.15. The molecular formula is C31H24ClNO4. The predicted octanol–water partition coefficient (Wildman–Crippen LogP) is 6.99. The van der Waals surface area contributed by atoms with Crippen LogP contribution in [0.5, 0.6) is 5.75 Å². The maximum Gasteiger partial charge on any atom is 0.310 e. The molecule has 0 aliphatic carbocycles. The van der Waals surface area contributed by atoms with Crippen LogP contribution in [0, 0.1) is 0 Å². The van der Waals surface area contributed by atoms with Gasteiger partial charge in [0.15, 0.2) is 0 Å². The number of hydrogen-bond acceptors (Lipinski definition) is 4. The van der Waals surface area contributed by atoms with Crippen LogP contribution in [-0.2, 0) is 16.0 Å². The molecule has 0 atom stereocenters. The molecule has 5 rings (SSSR count). The number of benzene rings is 4. The molecule has 4 aromatic carbocycles. The highest BCUT2D eigenvalue weighted by Gasteiger charge is 2.12. The Bertz CT molecular complexity index is 1670. The Hall–Kier alpha value is -4.35. The molecule has 0 fully saturated rings. The number of aromatic amines is 1. The van der Waals surface area contributed by atoms with Crippen LogP contribution >= 0.6 is 11.6 Å². The second kappa shape index (κ2) is 10.3. The lowest BCUT2D eigenvalue weighted by atomic mass is 9.97. The van der Waals surface area contributed by atoms with E-state index in [1.54, 1.807) is 25.1 Å². The standard InChI is InChI=1S/C31H24ClNO4/c1-2-37-30(35)14-19-5-3-7-23(13-19)27-17-24-16-26(28(32)18-29(24)33-31(27)36)21-11-9-20(10-12-21)22-6-4-8-25(34)15-22/h3-13,15-18,34H,2,14H2,1H3,(H,33,36). The van der Waals surface area contributed by atoms with Crippen molar-refractivity contribution in [3.05, 3.63) is 112 Å². The van der Waals surface area contributed by atoms with Gasteiger partial charge < -0.3 is 14.8 Å². The van der Waals surface area contributed by atoms with Crippen LogP contribution in [0.1, 0.15) is 12.5 Å². The third-order valence-corrected chi connectivity index (χ3v) is 6.51. The van der Waals surface area contributed by atoms with Crippen LogP contribution < -0.4 is 5.56 Å². The first-order chi connectivity index (χ1) is 17.9. The van der Waals surface area contributed by atoms with E-state index in [-0.39, 0.29) is 23.7 Å². The molecule has 6 heteroatoms. The van der Waals surface area contributed by atoms with Gasteiger partial charge in [-0.3, -0.25) is 9.59 Å². The predicted molar refractivity (Wildman–Crippen MR) is 148 cm³/mol. The second-order valence-electron chi connectivity index (χ2n) is 8.74. The molecule has 2 N–H and O–H groups in total. The molecular weight excluding hydrogens is 486 g/mol. The molecule has 5 nitrogen and oxygen atoms in total. The maximum atomic E-state index is 12.9. The molecule has 0 spiro atoms. The summed E-state index contributed by atoms with van der Waals surface area (Å²) in [5.74, 6) is -0.0863. The van der Waals surface area contributed by atoms with Gasteiger partial charge in [0.2, 0.25) is 0 Å². The molecule has 1 aromatic heterocycles. The first-order valence-electron chi connectivity index (χ1n) is 11.9. The quantitative estimate of drug-likeness (QED) is 0.242. The lowest BCUT2D eigenvalue weighted by Crippen LogP contribution is -2.10. The molecule has 0 aliphatic rings. The number of aromatic nitrogens is 1. The monoisotopic (exact) mass is 509 g/mol. The zero-order valence-electron chi connectivity index (χ0n) is 20.1. The van der Waals surface area contributed by atoms with Crippen molar-refractivity contribution >= 4 is 28.5 Å². The Labute approximate surface area is 218 Å². The van der Waals surface area contributed by atoms with E-state index in [0.717, 1.165) is 38.8 Å². The number of carbonyl (C=O) groups excluding carboxylic acids is 1. The number of H-pyrrole nitrogens is 1. The SMILES string of the molecule is CCOC(=O)Cc1cccc(-c2cc3cc(-c4ccc(-c5cccc(O)c5)cc4)c(Cl)cc3[nH]c2=O)c1. The smallest absolute Gasteiger partial charge is 0.310 e. The third-order valence-electron chi connectivity index (χ3n) is 6.20. The molecule has 37 heavy (non-hydrogen) atoms. The van der Waals surface area contributed by atoms with E-state index in [4.69, 9.17) is 16.3 Å². The Kier molecular flexibility index (Phi) is 6.80. The van der Waals surface area contributed by atoms with Gasteiger partial charge in [0.05, 0.1) is 18.1 Å². The first-order valence-corrected chi connectivity index (χ1v) is 12.3. The van der Waals surface area contributed by atoms with Crippen LogP contribution in [0.2, 0.25) is 5.02 Å². The van der Waals surface area contributed by atoms with Crippen LogP contribution in [0.3, 0.4) is 0 Å². The zero-order chi connectivity index (χ0) is 25.9. The number of phenols is 1. The summed E-state index contributed by atoms with van der Waals surface area (Å²) in [6, 6.07) is 28.0. The lowest BCUT2D eigenvalue weighted by Gasteiger charge is -2.11. The van der Waals surface area contributed by atoms with E-state index in [1.807, 2.05) is 72.8 Å². The normalized spacial score (nSPS) is 11.0. The molecule has 1 heterocycles. The summed E-state index contributed by atoms with van der Waals surface area (Å²) in [5, 5.41) is 11.1. The molecule has 0 aliphatic heterocycles. The number of ether oxygens (including phenoxy) is 1. The number of aromatic hydroxyl groups is 1. The minimum absolute atomic E-state index is 0.144. The zero-order valence-corrected chi connectivity index (χ0v) is 20.9. The van der Waals surface area contributed by atoms with Crippen molar-refractivity contribution in [2.75, 3.05) is 6.61 Å².